The molecule has 1 unspecified atom stereocenters. The smallest absolute Gasteiger partial charge is 0.343 e. The summed E-state index contributed by atoms with van der Waals surface area (Å²) in [6.07, 6.45) is -3.90. The van der Waals surface area contributed by atoms with Crippen LogP contribution in [-0.4, -0.2) is 234 Å². The number of hydrogen-bond donors (Lipinski definition) is 4. The lowest BCUT2D eigenvalue weighted by Gasteiger charge is -2.59. The number of piperidine rings is 1. The van der Waals surface area contributed by atoms with E-state index >= 15 is 4.79 Å². The molecule has 1 aromatic rings. The van der Waals surface area contributed by atoms with Gasteiger partial charge in [-0.25, -0.2) is 18.4 Å². The van der Waals surface area contributed by atoms with Gasteiger partial charge in [0.1, 0.15) is 36.3 Å². The number of urea groups is 2. The van der Waals surface area contributed by atoms with Crippen LogP contribution in [0, 0.1) is 17.3 Å². The Labute approximate surface area is 532 Å². The summed E-state index contributed by atoms with van der Waals surface area (Å²) in [4.78, 5) is 180. The van der Waals surface area contributed by atoms with Crippen molar-refractivity contribution >= 4 is 82.7 Å². The van der Waals surface area contributed by atoms with E-state index < -0.39 is 186 Å². The predicted molar refractivity (Wildman–Crippen MR) is 321 cm³/mol. The van der Waals surface area contributed by atoms with Crippen molar-refractivity contribution in [3.8, 4) is 0 Å². The van der Waals surface area contributed by atoms with E-state index in [1.807, 2.05) is 0 Å². The summed E-state index contributed by atoms with van der Waals surface area (Å²) in [6.45, 7) is 4.71. The summed E-state index contributed by atoms with van der Waals surface area (Å²) in [6, 6.07) is -5.88. The Bertz CT molecular complexity index is 2930. The molecule has 1 aromatic carbocycles. The highest BCUT2D eigenvalue weighted by Crippen LogP contribution is 2.63. The van der Waals surface area contributed by atoms with E-state index in [4.69, 9.17) is 11.6 Å². The van der Waals surface area contributed by atoms with Crippen LogP contribution in [0.3, 0.4) is 0 Å². The van der Waals surface area contributed by atoms with Crippen LogP contribution in [0.2, 0.25) is 5.02 Å². The van der Waals surface area contributed by atoms with E-state index in [1.165, 1.54) is 33.1 Å². The van der Waals surface area contributed by atoms with Gasteiger partial charge in [-0.05, 0) is 99.2 Å². The maximum Gasteiger partial charge on any atom is 0.417 e. The number of likely N-dealkylation sites (tertiary alicyclic amines) is 1. The highest BCUT2D eigenvalue weighted by molar-refractivity contribution is 6.31. The number of rotatable bonds is 9. The summed E-state index contributed by atoms with van der Waals surface area (Å²) in [5, 5.41) is 9.73. The van der Waals surface area contributed by atoms with Crippen molar-refractivity contribution in [1.29, 1.82) is 0 Å². The van der Waals surface area contributed by atoms with E-state index in [9.17, 15) is 74.7 Å². The van der Waals surface area contributed by atoms with Gasteiger partial charge in [0, 0.05) is 74.3 Å². The lowest BCUT2D eigenvalue weighted by molar-refractivity contribution is -0.210. The number of imide groups is 2. The lowest BCUT2D eigenvalue weighted by atomic mass is 9.52. The highest BCUT2D eigenvalue weighted by Gasteiger charge is 2.63. The Morgan fingerprint density at radius 3 is 1.91 bits per heavy atom. The van der Waals surface area contributed by atoms with Crippen molar-refractivity contribution in [1.82, 2.24) is 60.5 Å². The van der Waals surface area contributed by atoms with Crippen molar-refractivity contribution in [2.24, 2.45) is 17.3 Å². The Morgan fingerprint density at radius 1 is 0.725 bits per heavy atom. The Balaban J connectivity index is 1.38. The number of carbonyl (C=O) groups excluding carboxylic acids is 12. The first kappa shape index (κ1) is 72.9. The molecule has 5 fully saturated rings. The second-order valence-corrected chi connectivity index (χ2v) is 26.5. The van der Waals surface area contributed by atoms with Gasteiger partial charge in [0.25, 0.3) is 5.91 Å². The number of aryl methyl sites for hydroxylation is 1. The van der Waals surface area contributed by atoms with Crippen molar-refractivity contribution in [2.75, 3.05) is 81.6 Å². The van der Waals surface area contributed by atoms with Crippen LogP contribution < -0.4 is 21.3 Å². The molecule has 2 heterocycles. The fraction of sp³-hybridized carbons (Fsp3) is 0.705. The van der Waals surface area contributed by atoms with Crippen LogP contribution in [0.1, 0.15) is 135 Å². The molecule has 24 nitrogen and oxygen atoms in total. The molecule has 2 spiro atoms. The molecule has 4 N–H and O–H groups in total. The van der Waals surface area contributed by atoms with E-state index in [0.29, 0.717) is 50.1 Å². The number of nitrogens with one attached hydrogen (secondary N) is 4. The quantitative estimate of drug-likeness (QED) is 0.251. The number of nitrogens with zero attached hydrogens (tertiary/aromatic N) is 8. The number of halogens is 6. The first-order valence-electron chi connectivity index (χ1n) is 31.0. The van der Waals surface area contributed by atoms with Crippen molar-refractivity contribution in [2.45, 2.75) is 178 Å². The molecule has 5 atom stereocenters. The first-order valence-corrected chi connectivity index (χ1v) is 31.4. The number of amides is 14. The summed E-state index contributed by atoms with van der Waals surface area (Å²) in [5.41, 5.74) is -3.67. The zero-order valence-corrected chi connectivity index (χ0v) is 54.3. The third kappa shape index (κ3) is 18.1. The Hall–Kier alpha value is -7.20. The predicted octanol–water partition coefficient (Wildman–Crippen LogP) is 4.40. The molecule has 3 aliphatic carbocycles. The summed E-state index contributed by atoms with van der Waals surface area (Å²) < 4.78 is 70.1. The molecular weight excluding hydrogens is 1220 g/mol. The molecule has 0 bridgehead atoms. The topological polar surface area (TPSA) is 279 Å². The second kappa shape index (κ2) is 30.0. The molecule has 5 aliphatic rings. The SMILES string of the molecule is CC[C@H](C)C1NC(=O)[C@H](CC(C)C)N(C)C(=O)C[C@@H](C(=O)N2CCCCC2)N(C)C(=O)NC(=O)C2(CCCC2)NC(=O)CN(C2CC3(C2)CC(F)(F)C3)C(=O)[C@H](CCc2ccc(C(F)(F)F)c(Cl)c2)NC(=O)CN(C)C(=O)N(C)C(=O)CN(C)C(=O)CN(C)C1=O. The summed E-state index contributed by atoms with van der Waals surface area (Å²) >= 11 is 6.06. The number of benzene rings is 1. The largest absolute Gasteiger partial charge is 0.417 e. The Morgan fingerprint density at radius 2 is 1.34 bits per heavy atom. The van der Waals surface area contributed by atoms with Gasteiger partial charge in [0.15, 0.2) is 0 Å². The molecule has 0 aromatic heterocycles. The summed E-state index contributed by atoms with van der Waals surface area (Å²) in [5.74, 6) is -12.1. The maximum absolute atomic E-state index is 15.2. The molecule has 30 heteroatoms. The summed E-state index contributed by atoms with van der Waals surface area (Å²) in [7, 11) is 7.34. The number of carbonyl (C=O) groups is 12. The fourth-order valence-corrected chi connectivity index (χ4v) is 13.1. The second-order valence-electron chi connectivity index (χ2n) is 26.1. The zero-order valence-electron chi connectivity index (χ0n) is 53.6. The van der Waals surface area contributed by atoms with E-state index in [-0.39, 0.29) is 56.4 Å². The molecule has 14 amide bonds. The molecule has 2 saturated heterocycles. The molecule has 2 aliphatic heterocycles. The average molecular weight is 1310 g/mol. The molecule has 0 radical (unpaired) electrons. The molecule has 506 valence electrons. The van der Waals surface area contributed by atoms with Crippen LogP contribution in [0.5, 0.6) is 0 Å². The standard InChI is InChI=1S/C61H88ClF5N12O12/c1-11-37(4)50-54(88)73(6)32-48(83)72(5)33-49(84)77(10)57(91)74(7)30-45(80)68-42(20-18-38-17-19-40(41(62)26-38)61(65,66)67)52(86)79(39-28-58(29-39)34-60(63,64)35-58)31-46(81)71-59(21-13-14-22-59)55(89)70-56(90)76(9)44(53(87)78-23-15-12-16-24-78)27-47(82)75(8)43(25-36(2)3)51(85)69-50/h17,19,26,36-37,39,42-44,50H,11-16,18,20-25,27-35H2,1-10H3,(H,68,80)(H,69,85)(H,71,81)(H,70,89,90)/t37-,42-,43-,44-,50?/m0/s1. The lowest BCUT2D eigenvalue weighted by Crippen LogP contribution is -2.66. The molecular formula is C61H88ClF5N12O12. The highest BCUT2D eigenvalue weighted by atomic mass is 35.5. The third-order valence-electron chi connectivity index (χ3n) is 18.5. The molecule has 6 rings (SSSR count). The number of alkyl halides is 5. The Kier molecular flexibility index (Phi) is 24.1. The van der Waals surface area contributed by atoms with Crippen LogP contribution >= 0.6 is 11.6 Å². The maximum atomic E-state index is 15.2. The zero-order chi connectivity index (χ0) is 67.8. The minimum Gasteiger partial charge on any atom is -0.343 e. The third-order valence-corrected chi connectivity index (χ3v) is 18.8. The van der Waals surface area contributed by atoms with Gasteiger partial charge in [-0.3, -0.25) is 58.2 Å². The van der Waals surface area contributed by atoms with E-state index in [2.05, 4.69) is 21.3 Å². The van der Waals surface area contributed by atoms with Gasteiger partial charge >= 0.3 is 18.2 Å². The van der Waals surface area contributed by atoms with E-state index in [1.54, 1.807) is 27.7 Å². The van der Waals surface area contributed by atoms with Gasteiger partial charge in [0.05, 0.1) is 36.6 Å². The fourth-order valence-electron chi connectivity index (χ4n) is 12.8. The van der Waals surface area contributed by atoms with Gasteiger partial charge in [-0.1, -0.05) is 64.6 Å². The minimum absolute atomic E-state index is 0.00361. The monoisotopic (exact) mass is 1310 g/mol. The average Bonchev–Trinajstić information content (AvgIpc) is 1.00. The van der Waals surface area contributed by atoms with E-state index in [0.717, 1.165) is 68.1 Å². The molecule has 91 heavy (non-hydrogen) atoms. The number of hydrogen-bond acceptors (Lipinski definition) is 12. The van der Waals surface area contributed by atoms with Crippen LogP contribution in [0.4, 0.5) is 31.5 Å². The van der Waals surface area contributed by atoms with Gasteiger partial charge in [-0.15, -0.1) is 0 Å². The van der Waals surface area contributed by atoms with Crippen molar-refractivity contribution in [3.05, 3.63) is 34.3 Å². The van der Waals surface area contributed by atoms with Crippen LogP contribution in [0.25, 0.3) is 0 Å². The van der Waals surface area contributed by atoms with Crippen LogP contribution in [0.15, 0.2) is 18.2 Å². The van der Waals surface area contributed by atoms with Crippen molar-refractivity contribution < 1.29 is 79.5 Å². The van der Waals surface area contributed by atoms with Gasteiger partial charge < -0.3 is 50.2 Å². The number of likely N-dealkylation sites (N-methyl/N-ethyl adjacent to an activating group) is 6. The van der Waals surface area contributed by atoms with Crippen LogP contribution in [-0.2, 0) is 60.5 Å². The van der Waals surface area contributed by atoms with Gasteiger partial charge in [0.2, 0.25) is 59.1 Å². The normalized spacial score (nSPS) is 25.3. The first-order chi connectivity index (χ1) is 42.4. The minimum atomic E-state index is -4.82. The van der Waals surface area contributed by atoms with Gasteiger partial charge in [-0.2, -0.15) is 13.2 Å². The van der Waals surface area contributed by atoms with Crippen molar-refractivity contribution in [3.63, 3.8) is 0 Å². The molecule has 3 saturated carbocycles.